The topological polar surface area (TPSA) is 90.9 Å². The van der Waals surface area contributed by atoms with Gasteiger partial charge in [0.05, 0.1) is 7.11 Å². The zero-order chi connectivity index (χ0) is 12.3. The lowest BCUT2D eigenvalue weighted by molar-refractivity contribution is 0.381. The second-order valence-corrected chi connectivity index (χ2v) is 3.45. The first-order valence-electron chi connectivity index (χ1n) is 5.06. The summed E-state index contributed by atoms with van der Waals surface area (Å²) in [6.45, 7) is 0. The first-order chi connectivity index (χ1) is 8.27. The Morgan fingerprint density at radius 2 is 2.06 bits per heavy atom. The molecule has 17 heavy (non-hydrogen) atoms. The van der Waals surface area contributed by atoms with Crippen LogP contribution in [0.4, 0.5) is 0 Å². The molecule has 0 fully saturated rings. The molecule has 0 amide bonds. The van der Waals surface area contributed by atoms with Crippen LogP contribution in [-0.4, -0.2) is 26.6 Å². The smallest absolute Gasteiger partial charge is 0.237 e. The number of nitrogens with two attached hydrogens (primary N) is 1. The zero-order valence-corrected chi connectivity index (χ0v) is 9.66. The van der Waals surface area contributed by atoms with Gasteiger partial charge in [-0.15, -0.1) is 0 Å². The molecule has 3 N–H and O–H groups in total. The molecule has 7 nitrogen and oxygen atoms in total. The molecule has 2 heterocycles. The van der Waals surface area contributed by atoms with Crippen LogP contribution in [0.1, 0.15) is 17.6 Å². The lowest BCUT2D eigenvalue weighted by atomic mass is 10.2. The van der Waals surface area contributed by atoms with Gasteiger partial charge in [-0.05, 0) is 0 Å². The summed E-state index contributed by atoms with van der Waals surface area (Å²) in [5.74, 6) is 6.73. The quantitative estimate of drug-likeness (QED) is 0.561. The van der Waals surface area contributed by atoms with E-state index in [0.29, 0.717) is 11.6 Å². The number of hydrazine groups is 1. The van der Waals surface area contributed by atoms with Crippen molar-refractivity contribution in [2.24, 2.45) is 12.9 Å². The zero-order valence-electron chi connectivity index (χ0n) is 9.66. The summed E-state index contributed by atoms with van der Waals surface area (Å²) in [4.78, 5) is 12.6. The lowest BCUT2D eigenvalue weighted by Crippen LogP contribution is -2.32. The SMILES string of the molecule is COc1nccnc1C(NN)c1nccn1C. The van der Waals surface area contributed by atoms with Crippen molar-refractivity contribution in [3.8, 4) is 5.88 Å². The summed E-state index contributed by atoms with van der Waals surface area (Å²) >= 11 is 0. The average Bonchev–Trinajstić information content (AvgIpc) is 2.78. The third-order valence-corrected chi connectivity index (χ3v) is 2.44. The number of aryl methyl sites for hydroxylation is 1. The molecule has 0 bridgehead atoms. The number of nitrogens with one attached hydrogen (secondary N) is 1. The summed E-state index contributed by atoms with van der Waals surface area (Å²) in [6, 6.07) is -0.362. The maximum atomic E-state index is 5.56. The minimum Gasteiger partial charge on any atom is -0.480 e. The molecule has 1 unspecified atom stereocenters. The maximum absolute atomic E-state index is 5.56. The summed E-state index contributed by atoms with van der Waals surface area (Å²) in [6.07, 6.45) is 6.69. The van der Waals surface area contributed by atoms with Gasteiger partial charge in [-0.1, -0.05) is 0 Å². The van der Waals surface area contributed by atoms with E-state index in [2.05, 4.69) is 20.4 Å². The molecule has 7 heteroatoms. The lowest BCUT2D eigenvalue weighted by Gasteiger charge is -2.16. The van der Waals surface area contributed by atoms with Crippen LogP contribution >= 0.6 is 0 Å². The van der Waals surface area contributed by atoms with Gasteiger partial charge in [-0.25, -0.2) is 15.4 Å². The van der Waals surface area contributed by atoms with E-state index in [1.807, 2.05) is 17.8 Å². The number of rotatable bonds is 4. The number of ether oxygens (including phenoxy) is 1. The van der Waals surface area contributed by atoms with Gasteiger partial charge < -0.3 is 9.30 Å². The molecule has 0 aliphatic carbocycles. The molecule has 90 valence electrons. The highest BCUT2D eigenvalue weighted by atomic mass is 16.5. The molecule has 2 aromatic rings. The monoisotopic (exact) mass is 234 g/mol. The minimum atomic E-state index is -0.362. The van der Waals surface area contributed by atoms with Crippen molar-refractivity contribution < 1.29 is 4.74 Å². The average molecular weight is 234 g/mol. The van der Waals surface area contributed by atoms with Gasteiger partial charge in [0.25, 0.3) is 0 Å². The van der Waals surface area contributed by atoms with Gasteiger partial charge in [0.1, 0.15) is 17.6 Å². The van der Waals surface area contributed by atoms with Gasteiger partial charge in [-0.3, -0.25) is 10.8 Å². The van der Waals surface area contributed by atoms with Crippen LogP contribution in [0.25, 0.3) is 0 Å². The van der Waals surface area contributed by atoms with Gasteiger partial charge in [0.2, 0.25) is 5.88 Å². The van der Waals surface area contributed by atoms with Crippen LogP contribution in [-0.2, 0) is 7.05 Å². The van der Waals surface area contributed by atoms with Crippen molar-refractivity contribution in [1.82, 2.24) is 24.9 Å². The number of nitrogens with zero attached hydrogens (tertiary/aromatic N) is 4. The van der Waals surface area contributed by atoms with Gasteiger partial charge >= 0.3 is 0 Å². The van der Waals surface area contributed by atoms with E-state index in [4.69, 9.17) is 10.6 Å². The highest BCUT2D eigenvalue weighted by molar-refractivity contribution is 5.26. The van der Waals surface area contributed by atoms with Gasteiger partial charge in [0, 0.05) is 31.8 Å². The Balaban J connectivity index is 2.46. The van der Waals surface area contributed by atoms with Crippen LogP contribution in [0.5, 0.6) is 5.88 Å². The molecule has 0 saturated carbocycles. The second-order valence-electron chi connectivity index (χ2n) is 3.45. The third kappa shape index (κ3) is 2.10. The fraction of sp³-hybridized carbons (Fsp3) is 0.300. The summed E-state index contributed by atoms with van der Waals surface area (Å²) in [5, 5.41) is 0. The molecular weight excluding hydrogens is 220 g/mol. The van der Waals surface area contributed by atoms with E-state index in [-0.39, 0.29) is 6.04 Å². The fourth-order valence-electron chi connectivity index (χ4n) is 1.62. The van der Waals surface area contributed by atoms with Crippen molar-refractivity contribution in [3.05, 3.63) is 36.3 Å². The van der Waals surface area contributed by atoms with E-state index in [1.54, 1.807) is 25.7 Å². The molecule has 0 aliphatic heterocycles. The van der Waals surface area contributed by atoms with Crippen LogP contribution < -0.4 is 16.0 Å². The molecule has 0 aromatic carbocycles. The van der Waals surface area contributed by atoms with Crippen molar-refractivity contribution in [1.29, 1.82) is 0 Å². The van der Waals surface area contributed by atoms with Crippen LogP contribution in [0.2, 0.25) is 0 Å². The van der Waals surface area contributed by atoms with Crippen LogP contribution in [0, 0.1) is 0 Å². The Morgan fingerprint density at radius 1 is 1.29 bits per heavy atom. The fourth-order valence-corrected chi connectivity index (χ4v) is 1.62. The van der Waals surface area contributed by atoms with Crippen LogP contribution in [0.3, 0.4) is 0 Å². The van der Waals surface area contributed by atoms with E-state index >= 15 is 0 Å². The normalized spacial score (nSPS) is 12.4. The standard InChI is InChI=1S/C10H14N6O/c1-16-6-5-13-9(16)7(15-11)8-10(17-2)14-4-3-12-8/h3-7,15H,11H2,1-2H3. The maximum Gasteiger partial charge on any atom is 0.237 e. The Kier molecular flexibility index (Phi) is 3.31. The van der Waals surface area contributed by atoms with Gasteiger partial charge in [-0.2, -0.15) is 0 Å². The molecule has 0 radical (unpaired) electrons. The highest BCUT2D eigenvalue weighted by Crippen LogP contribution is 2.23. The predicted octanol–water partition coefficient (Wildman–Crippen LogP) is -0.229. The molecule has 0 aliphatic rings. The van der Waals surface area contributed by atoms with E-state index in [9.17, 15) is 0 Å². The van der Waals surface area contributed by atoms with Crippen molar-refractivity contribution in [2.75, 3.05) is 7.11 Å². The number of hydrogen-bond donors (Lipinski definition) is 2. The number of methoxy groups -OCH3 is 1. The largest absolute Gasteiger partial charge is 0.480 e. The number of imidazole rings is 1. The molecule has 0 spiro atoms. The van der Waals surface area contributed by atoms with E-state index < -0.39 is 0 Å². The summed E-state index contributed by atoms with van der Waals surface area (Å²) in [5.41, 5.74) is 3.27. The van der Waals surface area contributed by atoms with Crippen molar-refractivity contribution >= 4 is 0 Å². The first-order valence-corrected chi connectivity index (χ1v) is 5.06. The Bertz CT molecular complexity index is 497. The Hall–Kier alpha value is -1.99. The van der Waals surface area contributed by atoms with Crippen molar-refractivity contribution in [3.63, 3.8) is 0 Å². The number of aromatic nitrogens is 4. The van der Waals surface area contributed by atoms with E-state index in [1.165, 1.54) is 0 Å². The summed E-state index contributed by atoms with van der Waals surface area (Å²) in [7, 11) is 3.43. The Morgan fingerprint density at radius 3 is 2.65 bits per heavy atom. The molecule has 1 atom stereocenters. The number of hydrogen-bond acceptors (Lipinski definition) is 6. The highest BCUT2D eigenvalue weighted by Gasteiger charge is 2.22. The van der Waals surface area contributed by atoms with Crippen molar-refractivity contribution in [2.45, 2.75) is 6.04 Å². The van der Waals surface area contributed by atoms with Crippen LogP contribution in [0.15, 0.2) is 24.8 Å². The molecular formula is C10H14N6O. The predicted molar refractivity (Wildman–Crippen MR) is 61.0 cm³/mol. The third-order valence-electron chi connectivity index (χ3n) is 2.44. The summed E-state index contributed by atoms with van der Waals surface area (Å²) < 4.78 is 7.02. The first kappa shape index (κ1) is 11.5. The van der Waals surface area contributed by atoms with E-state index in [0.717, 1.165) is 5.82 Å². The molecule has 2 rings (SSSR count). The molecule has 2 aromatic heterocycles. The van der Waals surface area contributed by atoms with Gasteiger partial charge in [0.15, 0.2) is 0 Å². The minimum absolute atomic E-state index is 0.362. The molecule has 0 saturated heterocycles. The second kappa shape index (κ2) is 4.89. The Labute approximate surface area is 98.6 Å².